The lowest BCUT2D eigenvalue weighted by Crippen LogP contribution is -2.02. The fourth-order valence-corrected chi connectivity index (χ4v) is 6.86. The summed E-state index contributed by atoms with van der Waals surface area (Å²) in [6.45, 7) is 0. The van der Waals surface area contributed by atoms with Crippen molar-refractivity contribution >= 4 is 10.8 Å². The quantitative estimate of drug-likeness (QED) is 0.169. The van der Waals surface area contributed by atoms with Crippen molar-refractivity contribution in [1.82, 2.24) is 24.9 Å². The Morgan fingerprint density at radius 2 is 0.769 bits per heavy atom. The SMILES string of the molecule is c1ccc(-c2cc(-c3nc(-c4ccccn4)nc(-c4ccccn4)n3)ccc2-c2ccccc2-c2ccccc2-c2cccc3ccccc23)cc1. The molecule has 5 heteroatoms. The zero-order valence-electron chi connectivity index (χ0n) is 28.1. The van der Waals surface area contributed by atoms with Gasteiger partial charge in [-0.3, -0.25) is 9.97 Å². The molecule has 6 aromatic carbocycles. The van der Waals surface area contributed by atoms with E-state index in [0.29, 0.717) is 28.9 Å². The molecule has 9 aromatic rings. The van der Waals surface area contributed by atoms with Crippen LogP contribution in [0.2, 0.25) is 0 Å². The van der Waals surface area contributed by atoms with Gasteiger partial charge in [-0.05, 0) is 85.6 Å². The smallest absolute Gasteiger partial charge is 0.182 e. The van der Waals surface area contributed by atoms with E-state index in [0.717, 1.165) is 33.4 Å². The predicted octanol–water partition coefficient (Wildman–Crippen LogP) is 11.5. The monoisotopic (exact) mass is 665 g/mol. The largest absolute Gasteiger partial charge is 0.253 e. The second-order valence-corrected chi connectivity index (χ2v) is 12.5. The Balaban J connectivity index is 1.24. The van der Waals surface area contributed by atoms with Gasteiger partial charge >= 0.3 is 0 Å². The van der Waals surface area contributed by atoms with Crippen molar-refractivity contribution in [2.45, 2.75) is 0 Å². The number of hydrogen-bond donors (Lipinski definition) is 0. The van der Waals surface area contributed by atoms with Crippen LogP contribution in [0.15, 0.2) is 188 Å². The summed E-state index contributed by atoms with van der Waals surface area (Å²) in [5.74, 6) is 1.54. The van der Waals surface area contributed by atoms with Gasteiger partial charge in [-0.15, -0.1) is 0 Å². The maximum absolute atomic E-state index is 4.96. The molecule has 0 amide bonds. The van der Waals surface area contributed by atoms with E-state index in [9.17, 15) is 0 Å². The summed E-state index contributed by atoms with van der Waals surface area (Å²) < 4.78 is 0. The van der Waals surface area contributed by atoms with Gasteiger partial charge in [-0.1, -0.05) is 146 Å². The van der Waals surface area contributed by atoms with Gasteiger partial charge in [0.25, 0.3) is 0 Å². The lowest BCUT2D eigenvalue weighted by Gasteiger charge is -2.19. The second kappa shape index (κ2) is 13.7. The van der Waals surface area contributed by atoms with E-state index in [1.165, 1.54) is 27.5 Å². The van der Waals surface area contributed by atoms with E-state index < -0.39 is 0 Å². The molecule has 0 bridgehead atoms. The van der Waals surface area contributed by atoms with Crippen molar-refractivity contribution in [3.8, 4) is 78.9 Å². The van der Waals surface area contributed by atoms with Gasteiger partial charge in [0.2, 0.25) is 0 Å². The van der Waals surface area contributed by atoms with Crippen molar-refractivity contribution < 1.29 is 0 Å². The van der Waals surface area contributed by atoms with Gasteiger partial charge < -0.3 is 0 Å². The molecule has 3 heterocycles. The van der Waals surface area contributed by atoms with Gasteiger partial charge in [0.1, 0.15) is 11.4 Å². The molecule has 0 aliphatic carbocycles. The molecule has 244 valence electrons. The standard InChI is InChI=1S/C47H31N5/c1-2-15-33(16-3-1)42-31-34(45-50-46(43-25-10-12-29-48-43)52-47(51-45)44-26-11-13-30-49-44)27-28-41(42)40-23-9-8-22-39(40)38-21-7-6-20-37(38)36-24-14-18-32-17-4-5-19-35(32)36/h1-31H. The molecule has 0 N–H and O–H groups in total. The first kappa shape index (κ1) is 30.9. The van der Waals surface area contributed by atoms with E-state index >= 15 is 0 Å². The Kier molecular flexibility index (Phi) is 8.12. The third-order valence-electron chi connectivity index (χ3n) is 9.30. The van der Waals surface area contributed by atoms with Crippen LogP contribution in [0, 0.1) is 0 Å². The third kappa shape index (κ3) is 5.91. The van der Waals surface area contributed by atoms with Crippen molar-refractivity contribution in [3.05, 3.63) is 188 Å². The van der Waals surface area contributed by atoms with Gasteiger partial charge in [0.05, 0.1) is 0 Å². The van der Waals surface area contributed by atoms with Crippen molar-refractivity contribution in [2.75, 3.05) is 0 Å². The van der Waals surface area contributed by atoms with Crippen LogP contribution in [0.3, 0.4) is 0 Å². The van der Waals surface area contributed by atoms with E-state index in [2.05, 4.69) is 143 Å². The summed E-state index contributed by atoms with van der Waals surface area (Å²) in [6.07, 6.45) is 3.49. The molecule has 52 heavy (non-hydrogen) atoms. The lowest BCUT2D eigenvalue weighted by molar-refractivity contribution is 1.05. The highest BCUT2D eigenvalue weighted by molar-refractivity contribution is 6.03. The minimum Gasteiger partial charge on any atom is -0.253 e. The van der Waals surface area contributed by atoms with E-state index in [1.54, 1.807) is 12.4 Å². The number of rotatable bonds is 7. The molecule has 0 aliphatic heterocycles. The molecule has 0 saturated heterocycles. The molecule has 9 rings (SSSR count). The number of hydrogen-bond acceptors (Lipinski definition) is 5. The van der Waals surface area contributed by atoms with Gasteiger partial charge in [0.15, 0.2) is 17.5 Å². The Labute approximate surface area is 302 Å². The normalized spacial score (nSPS) is 11.1. The zero-order chi connectivity index (χ0) is 34.7. The highest BCUT2D eigenvalue weighted by Crippen LogP contribution is 2.43. The second-order valence-electron chi connectivity index (χ2n) is 12.5. The number of benzene rings is 6. The van der Waals surface area contributed by atoms with Gasteiger partial charge in [-0.2, -0.15) is 0 Å². The zero-order valence-corrected chi connectivity index (χ0v) is 28.1. The Morgan fingerprint density at radius 1 is 0.288 bits per heavy atom. The predicted molar refractivity (Wildman–Crippen MR) is 211 cm³/mol. The fourth-order valence-electron chi connectivity index (χ4n) is 6.86. The highest BCUT2D eigenvalue weighted by atomic mass is 15.1. The van der Waals surface area contributed by atoms with Crippen LogP contribution in [0.1, 0.15) is 0 Å². The summed E-state index contributed by atoms with van der Waals surface area (Å²) >= 11 is 0. The lowest BCUT2D eigenvalue weighted by atomic mass is 9.85. The van der Waals surface area contributed by atoms with Crippen molar-refractivity contribution in [1.29, 1.82) is 0 Å². The van der Waals surface area contributed by atoms with Crippen molar-refractivity contribution in [2.24, 2.45) is 0 Å². The average molecular weight is 666 g/mol. The van der Waals surface area contributed by atoms with E-state index in [1.807, 2.05) is 42.5 Å². The molecule has 5 nitrogen and oxygen atoms in total. The van der Waals surface area contributed by atoms with Crippen LogP contribution in [0.5, 0.6) is 0 Å². The van der Waals surface area contributed by atoms with E-state index in [4.69, 9.17) is 15.0 Å². The van der Waals surface area contributed by atoms with Crippen LogP contribution in [0.25, 0.3) is 89.7 Å². The van der Waals surface area contributed by atoms with E-state index in [-0.39, 0.29) is 0 Å². The highest BCUT2D eigenvalue weighted by Gasteiger charge is 2.19. The van der Waals surface area contributed by atoms with Crippen LogP contribution in [-0.4, -0.2) is 24.9 Å². The molecule has 0 atom stereocenters. The number of pyridine rings is 2. The maximum Gasteiger partial charge on any atom is 0.182 e. The molecule has 0 unspecified atom stereocenters. The Bertz CT molecular complexity index is 2610. The minimum absolute atomic E-state index is 0.493. The molecule has 0 radical (unpaired) electrons. The Hall–Kier alpha value is -7.11. The van der Waals surface area contributed by atoms with Crippen molar-refractivity contribution in [3.63, 3.8) is 0 Å². The first-order valence-corrected chi connectivity index (χ1v) is 17.3. The van der Waals surface area contributed by atoms with Gasteiger partial charge in [-0.25, -0.2) is 15.0 Å². The molecule has 0 fully saturated rings. The molecular weight excluding hydrogens is 635 g/mol. The topological polar surface area (TPSA) is 64.5 Å². The average Bonchev–Trinajstić information content (AvgIpc) is 3.24. The minimum atomic E-state index is 0.493. The summed E-state index contributed by atoms with van der Waals surface area (Å²) in [4.78, 5) is 23.8. The Morgan fingerprint density at radius 3 is 1.38 bits per heavy atom. The molecular formula is C47H31N5. The summed E-state index contributed by atoms with van der Waals surface area (Å²) in [6, 6.07) is 61.0. The summed E-state index contributed by atoms with van der Waals surface area (Å²) in [7, 11) is 0. The number of fused-ring (bicyclic) bond motifs is 1. The van der Waals surface area contributed by atoms with Gasteiger partial charge in [0, 0.05) is 18.0 Å². The van der Waals surface area contributed by atoms with Crippen LogP contribution in [-0.2, 0) is 0 Å². The summed E-state index contributed by atoms with van der Waals surface area (Å²) in [5.41, 5.74) is 11.4. The first-order valence-electron chi connectivity index (χ1n) is 17.3. The van der Waals surface area contributed by atoms with Crippen LogP contribution >= 0.6 is 0 Å². The number of aromatic nitrogens is 5. The fraction of sp³-hybridized carbons (Fsp3) is 0. The molecule has 0 saturated carbocycles. The summed E-state index contributed by atoms with van der Waals surface area (Å²) in [5, 5.41) is 2.46. The maximum atomic E-state index is 4.96. The van der Waals surface area contributed by atoms with Crippen LogP contribution < -0.4 is 0 Å². The first-order chi connectivity index (χ1) is 25.8. The molecule has 3 aromatic heterocycles. The molecule has 0 spiro atoms. The number of nitrogens with zero attached hydrogens (tertiary/aromatic N) is 5. The van der Waals surface area contributed by atoms with Crippen LogP contribution in [0.4, 0.5) is 0 Å². The third-order valence-corrected chi connectivity index (χ3v) is 9.30. The molecule has 0 aliphatic rings.